The summed E-state index contributed by atoms with van der Waals surface area (Å²) in [6.07, 6.45) is 9.88. The average molecular weight is 280 g/mol. The maximum absolute atomic E-state index is 3.84. The van der Waals surface area contributed by atoms with Crippen molar-refractivity contribution in [2.24, 2.45) is 16.7 Å². The molecule has 2 nitrogen and oxygen atoms in total. The van der Waals surface area contributed by atoms with Gasteiger partial charge in [-0.25, -0.2) is 0 Å². The first-order valence-corrected chi connectivity index (χ1v) is 8.88. The second kappa shape index (κ2) is 6.79. The molecule has 1 heterocycles. The molecule has 1 atom stereocenters. The molecule has 20 heavy (non-hydrogen) atoms. The zero-order chi connectivity index (χ0) is 14.6. The predicted molar refractivity (Wildman–Crippen MR) is 88.0 cm³/mol. The van der Waals surface area contributed by atoms with E-state index in [0.29, 0.717) is 16.9 Å². The highest BCUT2D eigenvalue weighted by Gasteiger charge is 2.35. The van der Waals surface area contributed by atoms with Crippen LogP contribution in [0, 0.1) is 16.7 Å². The molecule has 2 aliphatic rings. The Bertz CT molecular complexity index is 290. The molecule has 2 heteroatoms. The fourth-order valence-corrected chi connectivity index (χ4v) is 4.55. The lowest BCUT2D eigenvalue weighted by molar-refractivity contribution is 0.163. The van der Waals surface area contributed by atoms with Crippen molar-refractivity contribution in [3.63, 3.8) is 0 Å². The van der Waals surface area contributed by atoms with Crippen LogP contribution in [0.3, 0.4) is 0 Å². The molecule has 1 aliphatic heterocycles. The van der Waals surface area contributed by atoms with E-state index in [-0.39, 0.29) is 0 Å². The molecule has 1 unspecified atom stereocenters. The van der Waals surface area contributed by atoms with Crippen LogP contribution in [0.4, 0.5) is 0 Å². The highest BCUT2D eigenvalue weighted by atomic mass is 15.0. The van der Waals surface area contributed by atoms with Gasteiger partial charge in [-0.15, -0.1) is 0 Å². The quantitative estimate of drug-likeness (QED) is 0.769. The molecule has 2 N–H and O–H groups in total. The fourth-order valence-electron chi connectivity index (χ4n) is 4.55. The van der Waals surface area contributed by atoms with Crippen molar-refractivity contribution >= 4 is 0 Å². The predicted octanol–water partition coefficient (Wildman–Crippen LogP) is 3.96. The van der Waals surface area contributed by atoms with E-state index in [1.807, 2.05) is 0 Å². The fraction of sp³-hybridized carbons (Fsp3) is 1.00. The van der Waals surface area contributed by atoms with Gasteiger partial charge in [0.25, 0.3) is 0 Å². The zero-order valence-electron chi connectivity index (χ0n) is 14.2. The lowest BCUT2D eigenvalue weighted by Crippen LogP contribution is -2.53. The molecule has 2 rings (SSSR count). The molecule has 0 aromatic heterocycles. The van der Waals surface area contributed by atoms with Gasteiger partial charge in [0, 0.05) is 19.1 Å². The highest BCUT2D eigenvalue weighted by molar-refractivity contribution is 4.92. The molecule has 0 aromatic carbocycles. The molecule has 0 amide bonds. The van der Waals surface area contributed by atoms with Crippen LogP contribution in [0.5, 0.6) is 0 Å². The van der Waals surface area contributed by atoms with Gasteiger partial charge in [-0.2, -0.15) is 0 Å². The van der Waals surface area contributed by atoms with E-state index < -0.39 is 0 Å². The van der Waals surface area contributed by atoms with Crippen molar-refractivity contribution in [1.29, 1.82) is 0 Å². The Kier molecular flexibility index (Phi) is 5.53. The SMILES string of the molecule is CC(C)CC1(CNCC2NCCCC2(C)C)CCCC1. The minimum atomic E-state index is 0.451. The normalized spacial score (nSPS) is 28.9. The van der Waals surface area contributed by atoms with Gasteiger partial charge in [0.05, 0.1) is 0 Å². The van der Waals surface area contributed by atoms with Gasteiger partial charge in [0.1, 0.15) is 0 Å². The van der Waals surface area contributed by atoms with E-state index in [9.17, 15) is 0 Å². The van der Waals surface area contributed by atoms with Crippen LogP contribution in [0.25, 0.3) is 0 Å². The number of piperidine rings is 1. The first-order valence-electron chi connectivity index (χ1n) is 8.88. The van der Waals surface area contributed by atoms with E-state index in [1.54, 1.807) is 0 Å². The minimum Gasteiger partial charge on any atom is -0.315 e. The van der Waals surface area contributed by atoms with Gasteiger partial charge in [-0.05, 0) is 55.4 Å². The Labute approximate surface area is 126 Å². The summed E-state index contributed by atoms with van der Waals surface area (Å²) in [6.45, 7) is 13.2. The van der Waals surface area contributed by atoms with Crippen molar-refractivity contribution < 1.29 is 0 Å². The Morgan fingerprint density at radius 1 is 1.10 bits per heavy atom. The maximum atomic E-state index is 3.84. The van der Waals surface area contributed by atoms with Gasteiger partial charge < -0.3 is 10.6 Å². The smallest absolute Gasteiger partial charge is 0.0243 e. The highest BCUT2D eigenvalue weighted by Crippen LogP contribution is 2.42. The molecule has 0 radical (unpaired) electrons. The number of nitrogens with one attached hydrogen (secondary N) is 2. The molecule has 0 aromatic rings. The van der Waals surface area contributed by atoms with Crippen molar-refractivity contribution in [3.05, 3.63) is 0 Å². The summed E-state index contributed by atoms with van der Waals surface area (Å²) in [7, 11) is 0. The van der Waals surface area contributed by atoms with Crippen LogP contribution in [-0.2, 0) is 0 Å². The van der Waals surface area contributed by atoms with Gasteiger partial charge >= 0.3 is 0 Å². The molecule has 0 bridgehead atoms. The summed E-state index contributed by atoms with van der Waals surface area (Å²) in [6, 6.07) is 0.647. The third-order valence-corrected chi connectivity index (χ3v) is 5.69. The summed E-state index contributed by atoms with van der Waals surface area (Å²) < 4.78 is 0. The van der Waals surface area contributed by atoms with Crippen LogP contribution in [-0.4, -0.2) is 25.7 Å². The van der Waals surface area contributed by atoms with Crippen molar-refractivity contribution in [1.82, 2.24) is 10.6 Å². The summed E-state index contributed by atoms with van der Waals surface area (Å²) in [4.78, 5) is 0. The second-order valence-electron chi connectivity index (χ2n) is 8.53. The summed E-state index contributed by atoms with van der Waals surface area (Å²) in [5, 5.41) is 7.56. The lowest BCUT2D eigenvalue weighted by Gasteiger charge is -2.40. The summed E-state index contributed by atoms with van der Waals surface area (Å²) >= 11 is 0. The van der Waals surface area contributed by atoms with Gasteiger partial charge in [0.2, 0.25) is 0 Å². The maximum Gasteiger partial charge on any atom is 0.0243 e. The van der Waals surface area contributed by atoms with Crippen LogP contribution in [0.15, 0.2) is 0 Å². The Hall–Kier alpha value is -0.0800. The molecule has 1 aliphatic carbocycles. The van der Waals surface area contributed by atoms with Crippen LogP contribution in [0.1, 0.15) is 72.6 Å². The molecule has 1 saturated carbocycles. The lowest BCUT2D eigenvalue weighted by atomic mass is 9.76. The van der Waals surface area contributed by atoms with E-state index in [2.05, 4.69) is 38.3 Å². The Balaban J connectivity index is 1.81. The van der Waals surface area contributed by atoms with Crippen molar-refractivity contribution in [2.75, 3.05) is 19.6 Å². The van der Waals surface area contributed by atoms with E-state index in [1.165, 1.54) is 58.0 Å². The Morgan fingerprint density at radius 3 is 2.40 bits per heavy atom. The molecular formula is C18H36N2. The Morgan fingerprint density at radius 2 is 1.80 bits per heavy atom. The first-order chi connectivity index (χ1) is 9.44. The van der Waals surface area contributed by atoms with Crippen LogP contribution in [0.2, 0.25) is 0 Å². The number of hydrogen-bond donors (Lipinski definition) is 2. The molecule has 0 spiro atoms. The van der Waals surface area contributed by atoms with Gasteiger partial charge in [-0.3, -0.25) is 0 Å². The third-order valence-electron chi connectivity index (χ3n) is 5.69. The molecule has 1 saturated heterocycles. The number of hydrogen-bond acceptors (Lipinski definition) is 2. The topological polar surface area (TPSA) is 24.1 Å². The zero-order valence-corrected chi connectivity index (χ0v) is 14.2. The molecular weight excluding hydrogens is 244 g/mol. The minimum absolute atomic E-state index is 0.451. The van der Waals surface area contributed by atoms with Crippen molar-refractivity contribution in [3.8, 4) is 0 Å². The second-order valence-corrected chi connectivity index (χ2v) is 8.53. The number of rotatable bonds is 6. The average Bonchev–Trinajstić information content (AvgIpc) is 2.79. The largest absolute Gasteiger partial charge is 0.315 e. The molecule has 2 fully saturated rings. The first kappa shape index (κ1) is 16.3. The standard InChI is InChI=1S/C18H36N2/c1-15(2)12-18(9-5-6-10-18)14-19-13-16-17(3,4)8-7-11-20-16/h15-16,19-20H,5-14H2,1-4H3. The van der Waals surface area contributed by atoms with E-state index in [0.717, 1.165) is 12.5 Å². The van der Waals surface area contributed by atoms with Gasteiger partial charge in [0.15, 0.2) is 0 Å². The summed E-state index contributed by atoms with van der Waals surface area (Å²) in [5.74, 6) is 0.833. The van der Waals surface area contributed by atoms with Crippen LogP contribution < -0.4 is 10.6 Å². The molecule has 118 valence electrons. The monoisotopic (exact) mass is 280 g/mol. The van der Waals surface area contributed by atoms with Crippen LogP contribution >= 0.6 is 0 Å². The van der Waals surface area contributed by atoms with Gasteiger partial charge in [-0.1, -0.05) is 40.5 Å². The van der Waals surface area contributed by atoms with Crippen molar-refractivity contribution in [2.45, 2.75) is 78.7 Å². The third kappa shape index (κ3) is 4.21. The van der Waals surface area contributed by atoms with E-state index in [4.69, 9.17) is 0 Å². The summed E-state index contributed by atoms with van der Waals surface area (Å²) in [5.41, 5.74) is 1.05. The van der Waals surface area contributed by atoms with E-state index >= 15 is 0 Å².